The number of nitrogens with one attached hydrogen (secondary N) is 1. The van der Waals surface area contributed by atoms with Gasteiger partial charge in [-0.3, -0.25) is 4.79 Å². The zero-order chi connectivity index (χ0) is 23.5. The highest BCUT2D eigenvalue weighted by molar-refractivity contribution is 7.18. The van der Waals surface area contributed by atoms with E-state index in [-0.39, 0.29) is 18.1 Å². The van der Waals surface area contributed by atoms with E-state index in [9.17, 15) is 10.1 Å². The lowest BCUT2D eigenvalue weighted by Gasteiger charge is -2.16. The van der Waals surface area contributed by atoms with Gasteiger partial charge in [-0.15, -0.1) is 11.3 Å². The van der Waals surface area contributed by atoms with Crippen molar-refractivity contribution in [3.63, 3.8) is 0 Å². The van der Waals surface area contributed by atoms with Gasteiger partial charge in [0.15, 0.2) is 0 Å². The Balaban J connectivity index is 1.59. The molecule has 1 heterocycles. The second kappa shape index (κ2) is 9.74. The van der Waals surface area contributed by atoms with Gasteiger partial charge in [0.2, 0.25) is 5.91 Å². The molecule has 1 amide bonds. The van der Waals surface area contributed by atoms with Crippen LogP contribution in [-0.4, -0.2) is 42.5 Å². The third-order valence-corrected chi connectivity index (χ3v) is 6.63. The van der Waals surface area contributed by atoms with Crippen molar-refractivity contribution in [1.82, 2.24) is 15.2 Å². The SMILES string of the molecule is CC(C)Oc1ccc(-c2ncc(-c3cccc4c3CCC4NC(=O)CN(C)C)s2)cc1C#N. The van der Waals surface area contributed by atoms with E-state index in [0.29, 0.717) is 17.9 Å². The van der Waals surface area contributed by atoms with Gasteiger partial charge in [-0.1, -0.05) is 18.2 Å². The van der Waals surface area contributed by atoms with Crippen LogP contribution in [0.5, 0.6) is 5.75 Å². The van der Waals surface area contributed by atoms with Crippen LogP contribution in [0.15, 0.2) is 42.6 Å². The molecule has 4 rings (SSSR count). The highest BCUT2D eigenvalue weighted by atomic mass is 32.1. The van der Waals surface area contributed by atoms with Gasteiger partial charge in [0, 0.05) is 11.8 Å². The largest absolute Gasteiger partial charge is 0.490 e. The van der Waals surface area contributed by atoms with E-state index in [1.165, 1.54) is 16.7 Å². The number of carbonyl (C=O) groups excluding carboxylic acids is 1. The number of hydrogen-bond acceptors (Lipinski definition) is 6. The zero-order valence-electron chi connectivity index (χ0n) is 19.4. The molecular formula is C26H28N4O2S. The van der Waals surface area contributed by atoms with E-state index in [2.05, 4.69) is 34.6 Å². The van der Waals surface area contributed by atoms with E-state index in [1.54, 1.807) is 11.3 Å². The van der Waals surface area contributed by atoms with E-state index >= 15 is 0 Å². The average molecular weight is 461 g/mol. The first-order chi connectivity index (χ1) is 15.9. The van der Waals surface area contributed by atoms with Crippen molar-refractivity contribution in [2.24, 2.45) is 0 Å². The summed E-state index contributed by atoms with van der Waals surface area (Å²) in [5.74, 6) is 0.637. The van der Waals surface area contributed by atoms with Gasteiger partial charge >= 0.3 is 0 Å². The van der Waals surface area contributed by atoms with Crippen LogP contribution in [0, 0.1) is 11.3 Å². The fourth-order valence-electron chi connectivity index (χ4n) is 4.20. The molecule has 6 nitrogen and oxygen atoms in total. The van der Waals surface area contributed by atoms with Gasteiger partial charge in [0.25, 0.3) is 0 Å². The monoisotopic (exact) mass is 460 g/mol. The molecule has 170 valence electrons. The van der Waals surface area contributed by atoms with E-state index in [4.69, 9.17) is 4.74 Å². The Morgan fingerprint density at radius 3 is 2.88 bits per heavy atom. The molecule has 3 aromatic rings. The Bertz CT molecular complexity index is 1210. The Kier molecular flexibility index (Phi) is 6.77. The number of aromatic nitrogens is 1. The normalized spacial score (nSPS) is 14.9. The van der Waals surface area contributed by atoms with Gasteiger partial charge in [0.05, 0.1) is 29.1 Å². The van der Waals surface area contributed by atoms with Crippen molar-refractivity contribution in [3.05, 3.63) is 59.3 Å². The second-order valence-corrected chi connectivity index (χ2v) is 9.82. The van der Waals surface area contributed by atoms with Crippen molar-refractivity contribution >= 4 is 17.2 Å². The number of ether oxygens (including phenoxy) is 1. The lowest BCUT2D eigenvalue weighted by molar-refractivity contribution is -0.122. The molecular weight excluding hydrogens is 432 g/mol. The maximum absolute atomic E-state index is 12.3. The highest BCUT2D eigenvalue weighted by Crippen LogP contribution is 2.41. The van der Waals surface area contributed by atoms with Crippen molar-refractivity contribution in [3.8, 4) is 32.8 Å². The molecule has 2 aromatic carbocycles. The molecule has 0 bridgehead atoms. The number of carbonyl (C=O) groups is 1. The van der Waals surface area contributed by atoms with Crippen LogP contribution in [0.1, 0.15) is 43.0 Å². The van der Waals surface area contributed by atoms with Crippen LogP contribution in [0.25, 0.3) is 21.0 Å². The molecule has 0 aliphatic heterocycles. The first-order valence-electron chi connectivity index (χ1n) is 11.1. The Labute approximate surface area is 198 Å². The lowest BCUT2D eigenvalue weighted by atomic mass is 10.0. The van der Waals surface area contributed by atoms with Crippen LogP contribution < -0.4 is 10.1 Å². The maximum atomic E-state index is 12.3. The second-order valence-electron chi connectivity index (χ2n) is 8.79. The molecule has 1 aliphatic carbocycles. The van der Waals surface area contributed by atoms with Crippen LogP contribution in [0.4, 0.5) is 0 Å². The van der Waals surface area contributed by atoms with Crippen LogP contribution in [0.2, 0.25) is 0 Å². The fourth-order valence-corrected chi connectivity index (χ4v) is 5.17. The smallest absolute Gasteiger partial charge is 0.234 e. The van der Waals surface area contributed by atoms with E-state index < -0.39 is 0 Å². The van der Waals surface area contributed by atoms with Crippen LogP contribution >= 0.6 is 11.3 Å². The summed E-state index contributed by atoms with van der Waals surface area (Å²) in [7, 11) is 3.79. The quantitative estimate of drug-likeness (QED) is 0.548. The average Bonchev–Trinajstić information content (AvgIpc) is 3.41. The summed E-state index contributed by atoms with van der Waals surface area (Å²) < 4.78 is 5.74. The molecule has 7 heteroatoms. The third kappa shape index (κ3) is 5.08. The molecule has 1 N–H and O–H groups in total. The molecule has 1 aliphatic rings. The summed E-state index contributed by atoms with van der Waals surface area (Å²) >= 11 is 1.61. The number of fused-ring (bicyclic) bond motifs is 1. The lowest BCUT2D eigenvalue weighted by Crippen LogP contribution is -2.35. The summed E-state index contributed by atoms with van der Waals surface area (Å²) in [6.07, 6.45) is 3.73. The number of nitriles is 1. The first kappa shape index (κ1) is 23.0. The Hall–Kier alpha value is -3.21. The van der Waals surface area contributed by atoms with Gasteiger partial charge in [-0.25, -0.2) is 4.98 Å². The molecule has 1 aromatic heterocycles. The first-order valence-corrected chi connectivity index (χ1v) is 11.9. The predicted octanol–water partition coefficient (Wildman–Crippen LogP) is 4.80. The molecule has 1 unspecified atom stereocenters. The van der Waals surface area contributed by atoms with Crippen molar-refractivity contribution in [2.45, 2.75) is 38.8 Å². The molecule has 0 saturated heterocycles. The van der Waals surface area contributed by atoms with E-state index in [1.807, 2.05) is 57.2 Å². The van der Waals surface area contributed by atoms with Gasteiger partial charge in [-0.05, 0) is 75.7 Å². The molecule has 33 heavy (non-hydrogen) atoms. The minimum atomic E-state index is 0.00563. The van der Waals surface area contributed by atoms with E-state index in [0.717, 1.165) is 28.3 Å². The van der Waals surface area contributed by atoms with Crippen LogP contribution in [0.3, 0.4) is 0 Å². The maximum Gasteiger partial charge on any atom is 0.234 e. The number of thiazole rings is 1. The number of likely N-dealkylation sites (N-methyl/N-ethyl adjacent to an activating group) is 1. The Morgan fingerprint density at radius 2 is 2.15 bits per heavy atom. The van der Waals surface area contributed by atoms with Crippen molar-refractivity contribution in [1.29, 1.82) is 5.26 Å². The predicted molar refractivity (Wildman–Crippen MR) is 131 cm³/mol. The Morgan fingerprint density at radius 1 is 1.33 bits per heavy atom. The minimum absolute atomic E-state index is 0.00563. The fraction of sp³-hybridized carbons (Fsp3) is 0.346. The summed E-state index contributed by atoms with van der Waals surface area (Å²) in [6, 6.07) is 14.2. The van der Waals surface area contributed by atoms with Crippen molar-refractivity contribution < 1.29 is 9.53 Å². The molecule has 0 saturated carbocycles. The van der Waals surface area contributed by atoms with Gasteiger partial charge in [-0.2, -0.15) is 5.26 Å². The topological polar surface area (TPSA) is 78.2 Å². The van der Waals surface area contributed by atoms with Gasteiger partial charge in [0.1, 0.15) is 16.8 Å². The highest BCUT2D eigenvalue weighted by Gasteiger charge is 2.27. The summed E-state index contributed by atoms with van der Waals surface area (Å²) in [4.78, 5) is 19.9. The minimum Gasteiger partial charge on any atom is -0.490 e. The number of nitrogens with zero attached hydrogens (tertiary/aromatic N) is 3. The standard InChI is InChI=1S/C26H28N4O2S/c1-16(2)32-23-11-8-17(12-18(23)13-27)26-28-14-24(33-26)21-7-5-6-20-19(21)9-10-22(20)29-25(31)15-30(3)4/h5-8,11-12,14,16,22H,9-10,15H2,1-4H3,(H,29,31). The van der Waals surface area contributed by atoms with Crippen molar-refractivity contribution in [2.75, 3.05) is 20.6 Å². The summed E-state index contributed by atoms with van der Waals surface area (Å²) in [5.41, 5.74) is 5.05. The molecule has 0 spiro atoms. The van der Waals surface area contributed by atoms with Gasteiger partial charge < -0.3 is 15.0 Å². The molecule has 0 fully saturated rings. The third-order valence-electron chi connectivity index (χ3n) is 5.55. The number of rotatable bonds is 7. The zero-order valence-corrected chi connectivity index (χ0v) is 20.2. The number of benzene rings is 2. The molecule has 0 radical (unpaired) electrons. The van der Waals surface area contributed by atoms with Crippen LogP contribution in [-0.2, 0) is 11.2 Å². The number of amides is 1. The summed E-state index contributed by atoms with van der Waals surface area (Å²) in [6.45, 7) is 4.27. The summed E-state index contributed by atoms with van der Waals surface area (Å²) in [5, 5.41) is 13.6. The number of hydrogen-bond donors (Lipinski definition) is 1. The molecule has 1 atom stereocenters.